The summed E-state index contributed by atoms with van der Waals surface area (Å²) in [4.78, 5) is 20.7. The largest absolute Gasteiger partial charge is 0.494 e. The lowest BCUT2D eigenvalue weighted by molar-refractivity contribution is -0.122. The van der Waals surface area contributed by atoms with Crippen molar-refractivity contribution in [1.82, 2.24) is 20.6 Å². The number of aromatic amines is 1. The number of carbonyl (C=O) groups is 1. The maximum absolute atomic E-state index is 13.8. The first-order chi connectivity index (χ1) is 19.3. The van der Waals surface area contributed by atoms with Crippen LogP contribution < -0.4 is 15.4 Å². The fourth-order valence-corrected chi connectivity index (χ4v) is 4.66. The van der Waals surface area contributed by atoms with Gasteiger partial charge in [-0.2, -0.15) is 0 Å². The number of hydrogen-bond donors (Lipinski definition) is 4. The van der Waals surface area contributed by atoms with Crippen molar-refractivity contribution < 1.29 is 23.4 Å². The monoisotopic (exact) mass is 550 g/mol. The molecular formula is C31H36F2N4O3. The van der Waals surface area contributed by atoms with Crippen molar-refractivity contribution in [1.29, 1.82) is 0 Å². The van der Waals surface area contributed by atoms with Gasteiger partial charge in [0.1, 0.15) is 23.2 Å². The summed E-state index contributed by atoms with van der Waals surface area (Å²) in [6, 6.07) is 16.2. The molecule has 0 fully saturated rings. The molecule has 4 N–H and O–H groups in total. The second-order valence-electron chi connectivity index (χ2n) is 9.82. The fourth-order valence-electron chi connectivity index (χ4n) is 4.66. The van der Waals surface area contributed by atoms with E-state index in [1.54, 1.807) is 0 Å². The molecule has 3 aromatic carbocycles. The van der Waals surface area contributed by atoms with E-state index in [4.69, 9.17) is 4.74 Å². The minimum atomic E-state index is -0.993. The molecular weight excluding hydrogens is 514 g/mol. The van der Waals surface area contributed by atoms with Crippen molar-refractivity contribution in [3.8, 4) is 5.75 Å². The Morgan fingerprint density at radius 2 is 1.80 bits per heavy atom. The van der Waals surface area contributed by atoms with E-state index in [2.05, 4.69) is 39.7 Å². The van der Waals surface area contributed by atoms with Gasteiger partial charge < -0.3 is 25.5 Å². The molecule has 7 nitrogen and oxygen atoms in total. The highest BCUT2D eigenvalue weighted by Gasteiger charge is 2.22. The van der Waals surface area contributed by atoms with Gasteiger partial charge in [0.15, 0.2) is 0 Å². The Balaban J connectivity index is 1.38. The number of benzene rings is 3. The molecule has 9 heteroatoms. The second kappa shape index (κ2) is 14.0. The summed E-state index contributed by atoms with van der Waals surface area (Å²) in [6.07, 6.45) is 0.480. The summed E-state index contributed by atoms with van der Waals surface area (Å²) >= 11 is 0. The number of nitrogens with one attached hydrogen (secondary N) is 3. The zero-order chi connectivity index (χ0) is 28.5. The Labute approximate surface area is 233 Å². The van der Waals surface area contributed by atoms with Crippen LogP contribution in [0.4, 0.5) is 8.78 Å². The van der Waals surface area contributed by atoms with Gasteiger partial charge in [-0.05, 0) is 60.7 Å². The summed E-state index contributed by atoms with van der Waals surface area (Å²) in [5.74, 6) is -0.326. The molecule has 0 radical (unpaired) electrons. The Kier molecular flexibility index (Phi) is 10.2. The van der Waals surface area contributed by atoms with Crippen LogP contribution >= 0.6 is 0 Å². The van der Waals surface area contributed by atoms with Crippen LogP contribution in [0.5, 0.6) is 5.75 Å². The lowest BCUT2D eigenvalue weighted by atomic mass is 10.00. The minimum absolute atomic E-state index is 0.0689. The van der Waals surface area contributed by atoms with Crippen LogP contribution in [0.3, 0.4) is 0 Å². The van der Waals surface area contributed by atoms with E-state index < -0.39 is 23.8 Å². The molecule has 1 aromatic heterocycles. The predicted molar refractivity (Wildman–Crippen MR) is 151 cm³/mol. The van der Waals surface area contributed by atoms with Gasteiger partial charge in [0.05, 0.1) is 29.8 Å². The molecule has 0 saturated heterocycles. The molecule has 0 saturated carbocycles. The molecule has 40 heavy (non-hydrogen) atoms. The molecule has 0 unspecified atom stereocenters. The molecule has 1 heterocycles. The Bertz CT molecular complexity index is 1400. The Morgan fingerprint density at radius 1 is 1.02 bits per heavy atom. The Morgan fingerprint density at radius 3 is 2.55 bits per heavy atom. The number of carbonyl (C=O) groups excluding carboxylic acids is 1. The quantitative estimate of drug-likeness (QED) is 0.184. The van der Waals surface area contributed by atoms with Gasteiger partial charge in [-0.15, -0.1) is 0 Å². The average Bonchev–Trinajstić information content (AvgIpc) is 3.33. The van der Waals surface area contributed by atoms with Crippen LogP contribution in [0.2, 0.25) is 0 Å². The molecule has 4 rings (SSSR count). The maximum Gasteiger partial charge on any atom is 0.220 e. The molecule has 0 bridgehead atoms. The van der Waals surface area contributed by atoms with Crippen LogP contribution in [-0.4, -0.2) is 46.3 Å². The predicted octanol–water partition coefficient (Wildman–Crippen LogP) is 4.61. The third-order valence-corrected chi connectivity index (χ3v) is 6.67. The SMILES string of the molecule is CCOc1ccc2nc(CCC(=O)N[C@@H](Cc3cc(F)cc(F)c3)[C@@H](O)CNCc3cccc(CC)c3)[nH]c2c1. The normalized spacial score (nSPS) is 12.8. The number of aliphatic hydroxyl groups is 1. The lowest BCUT2D eigenvalue weighted by Crippen LogP contribution is -2.48. The van der Waals surface area contributed by atoms with Crippen LogP contribution in [-0.2, 0) is 30.6 Å². The number of ether oxygens (including phenoxy) is 1. The van der Waals surface area contributed by atoms with Gasteiger partial charge in [0.25, 0.3) is 0 Å². The van der Waals surface area contributed by atoms with E-state index in [1.807, 2.05) is 37.3 Å². The summed E-state index contributed by atoms with van der Waals surface area (Å²) in [6.45, 7) is 5.29. The summed E-state index contributed by atoms with van der Waals surface area (Å²) in [5, 5.41) is 17.1. The summed E-state index contributed by atoms with van der Waals surface area (Å²) in [7, 11) is 0. The summed E-state index contributed by atoms with van der Waals surface area (Å²) < 4.78 is 33.2. The van der Waals surface area contributed by atoms with Gasteiger partial charge in [-0.1, -0.05) is 31.2 Å². The first-order valence-electron chi connectivity index (χ1n) is 13.6. The number of nitrogens with zero attached hydrogens (tertiary/aromatic N) is 1. The van der Waals surface area contributed by atoms with E-state index in [1.165, 1.54) is 17.7 Å². The van der Waals surface area contributed by atoms with Crippen LogP contribution in [0.1, 0.15) is 42.8 Å². The molecule has 0 spiro atoms. The topological polar surface area (TPSA) is 99.3 Å². The molecule has 0 aliphatic rings. The van der Waals surface area contributed by atoms with Crippen LogP contribution in [0, 0.1) is 11.6 Å². The third kappa shape index (κ3) is 8.34. The van der Waals surface area contributed by atoms with Crippen LogP contribution in [0.15, 0.2) is 60.7 Å². The summed E-state index contributed by atoms with van der Waals surface area (Å²) in [5.41, 5.74) is 4.24. The number of H-pyrrole nitrogens is 1. The minimum Gasteiger partial charge on any atom is -0.494 e. The number of hydrogen-bond acceptors (Lipinski definition) is 5. The van der Waals surface area contributed by atoms with E-state index in [9.17, 15) is 18.7 Å². The zero-order valence-electron chi connectivity index (χ0n) is 22.8. The smallest absolute Gasteiger partial charge is 0.220 e. The number of halogens is 2. The molecule has 212 valence electrons. The van der Waals surface area contributed by atoms with E-state index in [0.29, 0.717) is 31.0 Å². The number of fused-ring (bicyclic) bond motifs is 1. The van der Waals surface area contributed by atoms with Crippen molar-refractivity contribution >= 4 is 16.9 Å². The van der Waals surface area contributed by atoms with Gasteiger partial charge >= 0.3 is 0 Å². The number of amides is 1. The van der Waals surface area contributed by atoms with Crippen molar-refractivity contribution in [2.75, 3.05) is 13.2 Å². The number of aliphatic hydroxyl groups excluding tert-OH is 1. The van der Waals surface area contributed by atoms with Crippen LogP contribution in [0.25, 0.3) is 11.0 Å². The Hall–Kier alpha value is -3.82. The highest BCUT2D eigenvalue weighted by Crippen LogP contribution is 2.20. The zero-order valence-corrected chi connectivity index (χ0v) is 22.8. The van der Waals surface area contributed by atoms with Gasteiger partial charge in [0, 0.05) is 38.1 Å². The number of aryl methyl sites for hydroxylation is 2. The maximum atomic E-state index is 13.8. The van der Waals surface area contributed by atoms with E-state index in [-0.39, 0.29) is 25.3 Å². The molecule has 1 amide bonds. The van der Waals surface area contributed by atoms with Crippen molar-refractivity contribution in [2.24, 2.45) is 0 Å². The first kappa shape index (κ1) is 29.2. The first-order valence-corrected chi connectivity index (χ1v) is 13.6. The van der Waals surface area contributed by atoms with Crippen molar-refractivity contribution in [2.45, 2.75) is 58.2 Å². The van der Waals surface area contributed by atoms with Crippen molar-refractivity contribution in [3.63, 3.8) is 0 Å². The number of aromatic nitrogens is 2. The molecule has 2 atom stereocenters. The highest BCUT2D eigenvalue weighted by atomic mass is 19.1. The number of rotatable bonds is 14. The van der Waals surface area contributed by atoms with E-state index >= 15 is 0 Å². The van der Waals surface area contributed by atoms with Gasteiger partial charge in [-0.3, -0.25) is 4.79 Å². The standard InChI is InChI=1S/C31H36F2N4O3/c1-3-20-6-5-7-21(12-20)18-34-19-29(38)28(15-22-13-23(32)16-24(33)14-22)37-31(39)11-10-30-35-26-9-8-25(40-4-2)17-27(26)36-30/h5-9,12-14,16-17,28-29,34,38H,3-4,10-11,15,18-19H2,1-2H3,(H,35,36)(H,37,39)/t28-,29-/m0/s1. The highest BCUT2D eigenvalue weighted by molar-refractivity contribution is 5.78. The van der Waals surface area contributed by atoms with Gasteiger partial charge in [-0.25, -0.2) is 13.8 Å². The second-order valence-corrected chi connectivity index (χ2v) is 9.82. The number of imidazole rings is 1. The molecule has 4 aromatic rings. The van der Waals surface area contributed by atoms with Crippen molar-refractivity contribution in [3.05, 3.63) is 94.8 Å². The lowest BCUT2D eigenvalue weighted by Gasteiger charge is -2.25. The molecule has 0 aliphatic carbocycles. The third-order valence-electron chi connectivity index (χ3n) is 6.67. The van der Waals surface area contributed by atoms with Gasteiger partial charge in [0.2, 0.25) is 5.91 Å². The molecule has 0 aliphatic heterocycles. The fraction of sp³-hybridized carbons (Fsp3) is 0.355. The van der Waals surface area contributed by atoms with E-state index in [0.717, 1.165) is 34.8 Å². The average molecular weight is 551 g/mol.